The van der Waals surface area contributed by atoms with Crippen molar-refractivity contribution in [3.8, 4) is 11.5 Å². The van der Waals surface area contributed by atoms with Gasteiger partial charge < -0.3 is 19.7 Å². The highest BCUT2D eigenvalue weighted by Crippen LogP contribution is 2.16. The van der Waals surface area contributed by atoms with Crippen LogP contribution in [0.4, 0.5) is 5.69 Å². The molecule has 1 N–H and O–H groups in total. The number of anilines is 1. The van der Waals surface area contributed by atoms with Crippen molar-refractivity contribution in [1.29, 1.82) is 0 Å². The lowest BCUT2D eigenvalue weighted by molar-refractivity contribution is -0.130. The van der Waals surface area contributed by atoms with Gasteiger partial charge in [-0.1, -0.05) is 19.1 Å². The van der Waals surface area contributed by atoms with E-state index < -0.39 is 0 Å². The lowest BCUT2D eigenvalue weighted by Crippen LogP contribution is -2.27. The normalized spacial score (nSPS) is 10.1. The Morgan fingerprint density at radius 2 is 1.42 bits per heavy atom. The smallest absolute Gasteiger partial charge is 0.262 e. The molecule has 0 aliphatic rings. The minimum absolute atomic E-state index is 0.0244. The molecule has 6 nitrogen and oxygen atoms in total. The Morgan fingerprint density at radius 3 is 1.96 bits per heavy atom. The molecule has 0 aliphatic carbocycles. The third-order valence-electron chi connectivity index (χ3n) is 3.70. The van der Waals surface area contributed by atoms with E-state index in [2.05, 4.69) is 12.2 Å². The number of carbonyl (C=O) groups is 2. The summed E-state index contributed by atoms with van der Waals surface area (Å²) in [5, 5.41) is 2.75. The van der Waals surface area contributed by atoms with Crippen LogP contribution in [-0.2, 0) is 16.0 Å². The Morgan fingerprint density at radius 1 is 0.885 bits per heavy atom. The summed E-state index contributed by atoms with van der Waals surface area (Å²) in [5.41, 5.74) is 1.85. The molecule has 2 rings (SSSR count). The van der Waals surface area contributed by atoms with Crippen LogP contribution in [-0.4, -0.2) is 44.0 Å². The summed E-state index contributed by atoms with van der Waals surface area (Å²) in [6, 6.07) is 14.5. The number of amides is 2. The highest BCUT2D eigenvalue weighted by atomic mass is 16.5. The topological polar surface area (TPSA) is 67.9 Å². The number of likely N-dealkylation sites (N-methyl/N-ethyl adjacent to an activating group) is 1. The zero-order valence-electron chi connectivity index (χ0n) is 15.3. The first-order chi connectivity index (χ1) is 12.5. The van der Waals surface area contributed by atoms with Gasteiger partial charge in [0.05, 0.1) is 0 Å². The van der Waals surface area contributed by atoms with Gasteiger partial charge >= 0.3 is 0 Å². The van der Waals surface area contributed by atoms with Gasteiger partial charge in [-0.05, 0) is 48.4 Å². The molecule has 6 heteroatoms. The number of aryl methyl sites for hydroxylation is 1. The second-order valence-corrected chi connectivity index (χ2v) is 5.94. The summed E-state index contributed by atoms with van der Waals surface area (Å²) in [5.74, 6) is 0.852. The standard InChI is InChI=1S/C20H24N2O4/c1-4-15-5-9-17(10-6-15)25-13-19(23)21-16-7-11-18(12-8-16)26-14-20(24)22(2)3/h5-12H,4,13-14H2,1-3H3,(H,21,23). The molecule has 138 valence electrons. The van der Waals surface area contributed by atoms with Crippen molar-refractivity contribution in [3.05, 3.63) is 54.1 Å². The summed E-state index contributed by atoms with van der Waals surface area (Å²) in [6.07, 6.45) is 0.962. The average Bonchev–Trinajstić information content (AvgIpc) is 2.65. The van der Waals surface area contributed by atoms with Gasteiger partial charge in [-0.15, -0.1) is 0 Å². The van der Waals surface area contributed by atoms with Crippen LogP contribution in [0.25, 0.3) is 0 Å². The van der Waals surface area contributed by atoms with Crippen molar-refractivity contribution in [3.63, 3.8) is 0 Å². The number of hydrogen-bond acceptors (Lipinski definition) is 4. The molecule has 0 radical (unpaired) electrons. The van der Waals surface area contributed by atoms with Crippen molar-refractivity contribution in [2.75, 3.05) is 32.6 Å². The van der Waals surface area contributed by atoms with Gasteiger partial charge in [0, 0.05) is 19.8 Å². The fraction of sp³-hybridized carbons (Fsp3) is 0.300. The predicted octanol–water partition coefficient (Wildman–Crippen LogP) is 2.73. The van der Waals surface area contributed by atoms with Gasteiger partial charge in [-0.2, -0.15) is 0 Å². The van der Waals surface area contributed by atoms with E-state index in [0.717, 1.165) is 6.42 Å². The van der Waals surface area contributed by atoms with Crippen molar-refractivity contribution in [1.82, 2.24) is 4.90 Å². The second kappa shape index (κ2) is 9.46. The summed E-state index contributed by atoms with van der Waals surface area (Å²) in [7, 11) is 3.34. The molecular weight excluding hydrogens is 332 g/mol. The quantitative estimate of drug-likeness (QED) is 0.790. The van der Waals surface area contributed by atoms with Crippen LogP contribution in [0.5, 0.6) is 11.5 Å². The Balaban J connectivity index is 1.78. The van der Waals surface area contributed by atoms with Gasteiger partial charge in [0.1, 0.15) is 11.5 Å². The summed E-state index contributed by atoms with van der Waals surface area (Å²) < 4.78 is 10.9. The zero-order chi connectivity index (χ0) is 18.9. The molecule has 26 heavy (non-hydrogen) atoms. The lowest BCUT2D eigenvalue weighted by Gasteiger charge is -2.12. The molecule has 0 unspecified atom stereocenters. The monoisotopic (exact) mass is 356 g/mol. The van der Waals surface area contributed by atoms with Gasteiger partial charge in [0.2, 0.25) is 0 Å². The summed E-state index contributed by atoms with van der Waals surface area (Å²) >= 11 is 0. The first kappa shape index (κ1) is 19.3. The van der Waals surface area contributed by atoms with Crippen LogP contribution in [0, 0.1) is 0 Å². The van der Waals surface area contributed by atoms with Crippen LogP contribution in [0.1, 0.15) is 12.5 Å². The number of hydrogen-bond donors (Lipinski definition) is 1. The van der Waals surface area contributed by atoms with Gasteiger partial charge in [0.25, 0.3) is 11.8 Å². The molecule has 2 aromatic rings. The lowest BCUT2D eigenvalue weighted by atomic mass is 10.2. The van der Waals surface area contributed by atoms with Crippen molar-refractivity contribution >= 4 is 17.5 Å². The molecule has 0 spiro atoms. The number of nitrogens with zero attached hydrogens (tertiary/aromatic N) is 1. The minimum atomic E-state index is -0.249. The van der Waals surface area contributed by atoms with E-state index in [1.807, 2.05) is 24.3 Å². The van der Waals surface area contributed by atoms with E-state index in [-0.39, 0.29) is 25.0 Å². The van der Waals surface area contributed by atoms with Gasteiger partial charge in [-0.3, -0.25) is 9.59 Å². The van der Waals surface area contributed by atoms with Crippen molar-refractivity contribution < 1.29 is 19.1 Å². The molecule has 0 saturated carbocycles. The Kier molecular flexibility index (Phi) is 7.02. The maximum atomic E-state index is 12.0. The van der Waals surface area contributed by atoms with Crippen LogP contribution in [0.15, 0.2) is 48.5 Å². The number of ether oxygens (including phenoxy) is 2. The van der Waals surface area contributed by atoms with Crippen LogP contribution in [0.2, 0.25) is 0 Å². The van der Waals surface area contributed by atoms with Gasteiger partial charge in [0.15, 0.2) is 13.2 Å². The first-order valence-electron chi connectivity index (χ1n) is 8.42. The SMILES string of the molecule is CCc1ccc(OCC(=O)Nc2ccc(OCC(=O)N(C)C)cc2)cc1. The van der Waals surface area contributed by atoms with E-state index in [0.29, 0.717) is 17.2 Å². The Labute approximate surface area is 153 Å². The maximum Gasteiger partial charge on any atom is 0.262 e. The zero-order valence-corrected chi connectivity index (χ0v) is 15.3. The molecular formula is C20H24N2O4. The molecule has 0 fully saturated rings. The van der Waals surface area contributed by atoms with E-state index in [1.54, 1.807) is 38.4 Å². The molecule has 0 aliphatic heterocycles. The molecule has 0 saturated heterocycles. The fourth-order valence-corrected chi connectivity index (χ4v) is 2.08. The van der Waals surface area contributed by atoms with Crippen molar-refractivity contribution in [2.24, 2.45) is 0 Å². The third-order valence-corrected chi connectivity index (χ3v) is 3.70. The second-order valence-electron chi connectivity index (χ2n) is 5.94. The summed E-state index contributed by atoms with van der Waals surface area (Å²) in [4.78, 5) is 24.9. The highest BCUT2D eigenvalue weighted by molar-refractivity contribution is 5.91. The maximum absolute atomic E-state index is 12.0. The van der Waals surface area contributed by atoms with Crippen LogP contribution >= 0.6 is 0 Å². The fourth-order valence-electron chi connectivity index (χ4n) is 2.08. The highest BCUT2D eigenvalue weighted by Gasteiger charge is 2.06. The molecule has 0 bridgehead atoms. The first-order valence-corrected chi connectivity index (χ1v) is 8.42. The Bertz CT molecular complexity index is 724. The van der Waals surface area contributed by atoms with Gasteiger partial charge in [-0.25, -0.2) is 0 Å². The molecule has 0 atom stereocenters. The number of rotatable bonds is 8. The summed E-state index contributed by atoms with van der Waals surface area (Å²) in [6.45, 7) is 1.99. The van der Waals surface area contributed by atoms with E-state index in [4.69, 9.17) is 9.47 Å². The van der Waals surface area contributed by atoms with Crippen LogP contribution < -0.4 is 14.8 Å². The molecule has 2 aromatic carbocycles. The molecule has 0 aromatic heterocycles. The van der Waals surface area contributed by atoms with E-state index in [1.165, 1.54) is 10.5 Å². The molecule has 2 amide bonds. The predicted molar refractivity (Wildman–Crippen MR) is 101 cm³/mol. The average molecular weight is 356 g/mol. The number of carbonyl (C=O) groups excluding carboxylic acids is 2. The van der Waals surface area contributed by atoms with Crippen LogP contribution in [0.3, 0.4) is 0 Å². The largest absolute Gasteiger partial charge is 0.484 e. The third kappa shape index (κ3) is 6.12. The molecule has 0 heterocycles. The Hall–Kier alpha value is -3.02. The van der Waals surface area contributed by atoms with E-state index in [9.17, 15) is 9.59 Å². The number of benzene rings is 2. The van der Waals surface area contributed by atoms with Crippen molar-refractivity contribution in [2.45, 2.75) is 13.3 Å². The van der Waals surface area contributed by atoms with E-state index >= 15 is 0 Å². The number of nitrogens with one attached hydrogen (secondary N) is 1. The minimum Gasteiger partial charge on any atom is -0.484 e.